The van der Waals surface area contributed by atoms with Gasteiger partial charge in [0, 0.05) is 23.6 Å². The molecule has 20 heavy (non-hydrogen) atoms. The standard InChI is InChI=1S/C16H23BrN2O/c1-12-9-15(17)10-14(16(12)18-13(2)20)11-19-7-5-3-4-6-8-19/h9-10H,3-8,11H2,1-2H3,(H,18,20). The van der Waals surface area contributed by atoms with Crippen molar-refractivity contribution < 1.29 is 4.79 Å². The van der Waals surface area contributed by atoms with Crippen molar-refractivity contribution in [1.82, 2.24) is 4.90 Å². The Morgan fingerprint density at radius 1 is 1.25 bits per heavy atom. The Morgan fingerprint density at radius 2 is 1.90 bits per heavy atom. The summed E-state index contributed by atoms with van der Waals surface area (Å²) in [5, 5.41) is 2.99. The number of likely N-dealkylation sites (tertiary alicyclic amines) is 1. The molecule has 1 aliphatic heterocycles. The summed E-state index contributed by atoms with van der Waals surface area (Å²) in [6.45, 7) is 6.84. The lowest BCUT2D eigenvalue weighted by Gasteiger charge is -2.22. The van der Waals surface area contributed by atoms with Gasteiger partial charge in [0.25, 0.3) is 0 Å². The highest BCUT2D eigenvalue weighted by atomic mass is 79.9. The third-order valence-electron chi connectivity index (χ3n) is 3.78. The highest BCUT2D eigenvalue weighted by Gasteiger charge is 2.14. The summed E-state index contributed by atoms with van der Waals surface area (Å²) in [6, 6.07) is 4.18. The number of carbonyl (C=O) groups excluding carboxylic acids is 1. The van der Waals surface area contributed by atoms with Crippen molar-refractivity contribution in [3.8, 4) is 0 Å². The van der Waals surface area contributed by atoms with Gasteiger partial charge in [0.15, 0.2) is 0 Å². The Kier molecular flexibility index (Phi) is 5.61. The molecule has 0 aliphatic carbocycles. The molecule has 1 aliphatic rings. The molecule has 3 nitrogen and oxygen atoms in total. The van der Waals surface area contributed by atoms with E-state index in [9.17, 15) is 4.79 Å². The van der Waals surface area contributed by atoms with Crippen LogP contribution in [-0.2, 0) is 11.3 Å². The molecular weight excluding hydrogens is 316 g/mol. The molecule has 1 N–H and O–H groups in total. The SMILES string of the molecule is CC(=O)Nc1c(C)cc(Br)cc1CN1CCCCCC1. The predicted octanol–water partition coefficient (Wildman–Crippen LogP) is 4.09. The molecule has 0 atom stereocenters. The summed E-state index contributed by atoms with van der Waals surface area (Å²) < 4.78 is 1.08. The van der Waals surface area contributed by atoms with Gasteiger partial charge in [0.1, 0.15) is 0 Å². The molecule has 4 heteroatoms. The fourth-order valence-electron chi connectivity index (χ4n) is 2.83. The zero-order valence-corrected chi connectivity index (χ0v) is 13.9. The third-order valence-corrected chi connectivity index (χ3v) is 4.23. The van der Waals surface area contributed by atoms with Gasteiger partial charge in [-0.2, -0.15) is 0 Å². The molecule has 1 fully saturated rings. The van der Waals surface area contributed by atoms with E-state index in [4.69, 9.17) is 0 Å². The normalized spacial score (nSPS) is 16.8. The summed E-state index contributed by atoms with van der Waals surface area (Å²) in [5.74, 6) is -0.00691. The van der Waals surface area contributed by atoms with Crippen LogP contribution in [0.1, 0.15) is 43.7 Å². The van der Waals surface area contributed by atoms with Crippen molar-refractivity contribution in [2.24, 2.45) is 0 Å². The van der Waals surface area contributed by atoms with Crippen molar-refractivity contribution in [2.45, 2.75) is 46.1 Å². The van der Waals surface area contributed by atoms with Gasteiger partial charge in [-0.05, 0) is 56.1 Å². The van der Waals surface area contributed by atoms with Gasteiger partial charge in [-0.15, -0.1) is 0 Å². The number of rotatable bonds is 3. The minimum atomic E-state index is -0.00691. The maximum atomic E-state index is 11.4. The van der Waals surface area contributed by atoms with E-state index in [2.05, 4.69) is 38.3 Å². The Labute approximate surface area is 129 Å². The Balaban J connectivity index is 2.21. The lowest BCUT2D eigenvalue weighted by Crippen LogP contribution is -2.25. The highest BCUT2D eigenvalue weighted by molar-refractivity contribution is 9.10. The lowest BCUT2D eigenvalue weighted by atomic mass is 10.1. The van der Waals surface area contributed by atoms with Crippen LogP contribution in [0.5, 0.6) is 0 Å². The summed E-state index contributed by atoms with van der Waals surface area (Å²) in [6.07, 6.45) is 5.24. The summed E-state index contributed by atoms with van der Waals surface area (Å²) in [7, 11) is 0. The van der Waals surface area contributed by atoms with Crippen LogP contribution < -0.4 is 5.32 Å². The molecule has 0 spiro atoms. The lowest BCUT2D eigenvalue weighted by molar-refractivity contribution is -0.114. The number of nitrogens with zero attached hydrogens (tertiary/aromatic N) is 1. The number of hydrogen-bond donors (Lipinski definition) is 1. The summed E-state index contributed by atoms with van der Waals surface area (Å²) >= 11 is 3.56. The number of hydrogen-bond acceptors (Lipinski definition) is 2. The average molecular weight is 339 g/mol. The van der Waals surface area contributed by atoms with Gasteiger partial charge in [-0.3, -0.25) is 9.69 Å². The number of aryl methyl sites for hydroxylation is 1. The molecule has 1 aromatic carbocycles. The first kappa shape index (κ1) is 15.5. The molecule has 1 saturated heterocycles. The third kappa shape index (κ3) is 4.32. The molecule has 110 valence electrons. The number of carbonyl (C=O) groups is 1. The monoisotopic (exact) mass is 338 g/mol. The molecule has 1 amide bonds. The second-order valence-electron chi connectivity index (χ2n) is 5.63. The molecule has 0 aromatic heterocycles. The average Bonchev–Trinajstić information content (AvgIpc) is 2.62. The minimum Gasteiger partial charge on any atom is -0.326 e. The van der Waals surface area contributed by atoms with E-state index in [1.807, 2.05) is 6.92 Å². The molecular formula is C16H23BrN2O. The van der Waals surface area contributed by atoms with Crippen LogP contribution in [0.2, 0.25) is 0 Å². The maximum Gasteiger partial charge on any atom is 0.221 e. The number of halogens is 1. The zero-order chi connectivity index (χ0) is 14.5. The highest BCUT2D eigenvalue weighted by Crippen LogP contribution is 2.27. The predicted molar refractivity (Wildman–Crippen MR) is 86.9 cm³/mol. The fraction of sp³-hybridized carbons (Fsp3) is 0.562. The van der Waals surface area contributed by atoms with E-state index >= 15 is 0 Å². The van der Waals surface area contributed by atoms with E-state index in [0.717, 1.165) is 35.4 Å². The molecule has 0 saturated carbocycles. The number of benzene rings is 1. The Bertz CT molecular complexity index is 480. The van der Waals surface area contributed by atoms with E-state index in [-0.39, 0.29) is 5.91 Å². The largest absolute Gasteiger partial charge is 0.326 e. The van der Waals surface area contributed by atoms with Crippen LogP contribution in [-0.4, -0.2) is 23.9 Å². The second kappa shape index (κ2) is 7.23. The minimum absolute atomic E-state index is 0.00691. The number of anilines is 1. The van der Waals surface area contributed by atoms with Crippen molar-refractivity contribution in [3.63, 3.8) is 0 Å². The van der Waals surface area contributed by atoms with Crippen molar-refractivity contribution in [1.29, 1.82) is 0 Å². The first-order chi connectivity index (χ1) is 9.56. The van der Waals surface area contributed by atoms with E-state index in [1.54, 1.807) is 6.92 Å². The quantitative estimate of drug-likeness (QED) is 0.900. The van der Waals surface area contributed by atoms with Crippen molar-refractivity contribution in [2.75, 3.05) is 18.4 Å². The van der Waals surface area contributed by atoms with Gasteiger partial charge < -0.3 is 5.32 Å². The van der Waals surface area contributed by atoms with Crippen LogP contribution in [0, 0.1) is 6.92 Å². The first-order valence-electron chi connectivity index (χ1n) is 7.35. The molecule has 0 unspecified atom stereocenters. The van der Waals surface area contributed by atoms with Crippen LogP contribution in [0.15, 0.2) is 16.6 Å². The topological polar surface area (TPSA) is 32.3 Å². The first-order valence-corrected chi connectivity index (χ1v) is 8.14. The van der Waals surface area contributed by atoms with E-state index < -0.39 is 0 Å². The van der Waals surface area contributed by atoms with Crippen LogP contribution in [0.25, 0.3) is 0 Å². The molecule has 0 radical (unpaired) electrons. The fourth-order valence-corrected chi connectivity index (χ4v) is 3.45. The van der Waals surface area contributed by atoms with Crippen LogP contribution >= 0.6 is 15.9 Å². The van der Waals surface area contributed by atoms with Gasteiger partial charge >= 0.3 is 0 Å². The molecule has 0 bridgehead atoms. The van der Waals surface area contributed by atoms with Crippen LogP contribution in [0.4, 0.5) is 5.69 Å². The Morgan fingerprint density at radius 3 is 2.50 bits per heavy atom. The summed E-state index contributed by atoms with van der Waals surface area (Å²) in [4.78, 5) is 13.9. The van der Waals surface area contributed by atoms with Gasteiger partial charge in [0.05, 0.1) is 0 Å². The maximum absolute atomic E-state index is 11.4. The summed E-state index contributed by atoms with van der Waals surface area (Å²) in [5.41, 5.74) is 3.29. The van der Waals surface area contributed by atoms with E-state index in [0.29, 0.717) is 0 Å². The van der Waals surface area contributed by atoms with Gasteiger partial charge in [-0.25, -0.2) is 0 Å². The smallest absolute Gasteiger partial charge is 0.221 e. The second-order valence-corrected chi connectivity index (χ2v) is 6.54. The van der Waals surface area contributed by atoms with Crippen LogP contribution in [0.3, 0.4) is 0 Å². The molecule has 1 heterocycles. The van der Waals surface area contributed by atoms with Gasteiger partial charge in [0.2, 0.25) is 5.91 Å². The van der Waals surface area contributed by atoms with E-state index in [1.165, 1.54) is 31.2 Å². The zero-order valence-electron chi connectivity index (χ0n) is 12.3. The van der Waals surface area contributed by atoms with Gasteiger partial charge in [-0.1, -0.05) is 28.8 Å². The molecule has 2 rings (SSSR count). The van der Waals surface area contributed by atoms with Crippen molar-refractivity contribution in [3.05, 3.63) is 27.7 Å². The number of amides is 1. The molecule has 1 aromatic rings. The van der Waals surface area contributed by atoms with Crippen molar-refractivity contribution >= 4 is 27.5 Å². The number of nitrogens with one attached hydrogen (secondary N) is 1. The Hall–Kier alpha value is -0.870.